The Morgan fingerprint density at radius 2 is 2.05 bits per heavy atom. The molecule has 0 radical (unpaired) electrons. The lowest BCUT2D eigenvalue weighted by Crippen LogP contribution is -2.15. The summed E-state index contributed by atoms with van der Waals surface area (Å²) in [6, 6.07) is 5.02. The highest BCUT2D eigenvalue weighted by Crippen LogP contribution is 2.28. The van der Waals surface area contributed by atoms with Crippen molar-refractivity contribution in [1.29, 1.82) is 0 Å². The van der Waals surface area contributed by atoms with Gasteiger partial charge in [-0.25, -0.2) is 0 Å². The molecule has 19 heavy (non-hydrogen) atoms. The number of nitrogens with two attached hydrogens (primary N) is 1. The van der Waals surface area contributed by atoms with Crippen molar-refractivity contribution in [1.82, 2.24) is 9.88 Å². The van der Waals surface area contributed by atoms with Gasteiger partial charge in [-0.15, -0.1) is 0 Å². The molecule has 0 bridgehead atoms. The van der Waals surface area contributed by atoms with Crippen molar-refractivity contribution in [3.05, 3.63) is 35.0 Å². The van der Waals surface area contributed by atoms with Crippen LogP contribution in [0.15, 0.2) is 18.3 Å². The third kappa shape index (κ3) is 2.28. The van der Waals surface area contributed by atoms with Crippen molar-refractivity contribution >= 4 is 10.9 Å². The molecule has 1 aliphatic heterocycles. The zero-order valence-electron chi connectivity index (χ0n) is 11.9. The number of aryl methyl sites for hydroxylation is 2. The summed E-state index contributed by atoms with van der Waals surface area (Å²) in [4.78, 5) is 0. The second-order valence-electron chi connectivity index (χ2n) is 5.70. The first-order valence-corrected chi connectivity index (χ1v) is 7.29. The lowest BCUT2D eigenvalue weighted by atomic mass is 10.0. The normalized spacial score (nSPS) is 15.9. The highest BCUT2D eigenvalue weighted by molar-refractivity contribution is 5.86. The Labute approximate surface area is 114 Å². The zero-order chi connectivity index (χ0) is 13.4. The molecular formula is C16H23N3. The maximum Gasteiger partial charge on any atom is 0.0486 e. The van der Waals surface area contributed by atoms with Gasteiger partial charge in [0.05, 0.1) is 0 Å². The third-order valence-corrected chi connectivity index (χ3v) is 4.13. The van der Waals surface area contributed by atoms with Crippen molar-refractivity contribution in [2.75, 3.05) is 0 Å². The number of fused-ring (bicyclic) bond motifs is 2. The van der Waals surface area contributed by atoms with Gasteiger partial charge in [0.25, 0.3) is 0 Å². The lowest BCUT2D eigenvalue weighted by molar-refractivity contribution is 0.665. The van der Waals surface area contributed by atoms with Gasteiger partial charge in [0.1, 0.15) is 0 Å². The van der Waals surface area contributed by atoms with E-state index in [1.54, 1.807) is 0 Å². The first kappa shape index (κ1) is 12.7. The molecule has 0 fully saturated rings. The molecule has 3 nitrogen and oxygen atoms in total. The summed E-state index contributed by atoms with van der Waals surface area (Å²) in [7, 11) is 0. The van der Waals surface area contributed by atoms with Gasteiger partial charge in [-0.2, -0.15) is 0 Å². The molecule has 3 N–H and O–H groups in total. The monoisotopic (exact) mass is 257 g/mol. The standard InChI is InChI=1S/C16H23N3/c1-3-19-10-12(5-4-11(2)17)15-6-13-8-18-9-14(13)7-16(15)19/h6-7,10-11,18H,3-5,8-9,17H2,1-2H3. The van der Waals surface area contributed by atoms with E-state index in [9.17, 15) is 0 Å². The molecule has 1 atom stereocenters. The van der Waals surface area contributed by atoms with Crippen LogP contribution in [0.5, 0.6) is 0 Å². The topological polar surface area (TPSA) is 43.0 Å². The first-order valence-electron chi connectivity index (χ1n) is 7.29. The Bertz CT molecular complexity index is 596. The van der Waals surface area contributed by atoms with E-state index < -0.39 is 0 Å². The molecule has 3 heteroatoms. The number of rotatable bonds is 4. The Hall–Kier alpha value is -1.32. The van der Waals surface area contributed by atoms with Crippen LogP contribution in [-0.4, -0.2) is 10.6 Å². The highest BCUT2D eigenvalue weighted by atomic mass is 15.0. The average Bonchev–Trinajstić information content (AvgIpc) is 2.97. The summed E-state index contributed by atoms with van der Waals surface area (Å²) >= 11 is 0. The van der Waals surface area contributed by atoms with E-state index in [2.05, 4.69) is 42.1 Å². The summed E-state index contributed by atoms with van der Waals surface area (Å²) < 4.78 is 2.37. The van der Waals surface area contributed by atoms with Gasteiger partial charge in [-0.1, -0.05) is 0 Å². The van der Waals surface area contributed by atoms with Crippen LogP contribution in [0, 0.1) is 0 Å². The van der Waals surface area contributed by atoms with Gasteiger partial charge in [0.2, 0.25) is 0 Å². The van der Waals surface area contributed by atoms with E-state index in [1.165, 1.54) is 27.6 Å². The third-order valence-electron chi connectivity index (χ3n) is 4.13. The molecule has 0 spiro atoms. The molecule has 1 aliphatic rings. The van der Waals surface area contributed by atoms with Gasteiger partial charge in [0.15, 0.2) is 0 Å². The van der Waals surface area contributed by atoms with Gasteiger partial charge in [0, 0.05) is 42.8 Å². The van der Waals surface area contributed by atoms with Crippen molar-refractivity contribution in [3.63, 3.8) is 0 Å². The van der Waals surface area contributed by atoms with Gasteiger partial charge in [-0.3, -0.25) is 0 Å². The van der Waals surface area contributed by atoms with Crippen LogP contribution in [0.2, 0.25) is 0 Å². The minimum atomic E-state index is 0.274. The Balaban J connectivity index is 2.07. The fourth-order valence-electron chi connectivity index (χ4n) is 3.00. The van der Waals surface area contributed by atoms with Crippen LogP contribution in [-0.2, 0) is 26.1 Å². The second kappa shape index (κ2) is 4.99. The van der Waals surface area contributed by atoms with Gasteiger partial charge < -0.3 is 15.6 Å². The first-order chi connectivity index (χ1) is 9.19. The van der Waals surface area contributed by atoms with Crippen molar-refractivity contribution < 1.29 is 0 Å². The van der Waals surface area contributed by atoms with E-state index in [1.807, 2.05) is 0 Å². The lowest BCUT2D eigenvalue weighted by Gasteiger charge is -2.05. The second-order valence-corrected chi connectivity index (χ2v) is 5.70. The van der Waals surface area contributed by atoms with Crippen LogP contribution in [0.25, 0.3) is 10.9 Å². The molecule has 2 heterocycles. The SMILES string of the molecule is CCn1cc(CCC(C)N)c2cc3c(cc21)CNC3. The summed E-state index contributed by atoms with van der Waals surface area (Å²) in [6.07, 6.45) is 4.45. The molecule has 0 saturated carbocycles. The Morgan fingerprint density at radius 1 is 1.32 bits per heavy atom. The highest BCUT2D eigenvalue weighted by Gasteiger charge is 2.15. The van der Waals surface area contributed by atoms with Crippen molar-refractivity contribution in [2.45, 2.75) is 52.4 Å². The number of aromatic nitrogens is 1. The number of nitrogens with one attached hydrogen (secondary N) is 1. The molecule has 0 aliphatic carbocycles. The molecule has 1 aromatic carbocycles. The number of benzene rings is 1. The largest absolute Gasteiger partial charge is 0.347 e. The molecule has 0 amide bonds. The fourth-order valence-corrected chi connectivity index (χ4v) is 3.00. The Kier molecular flexibility index (Phi) is 3.33. The van der Waals surface area contributed by atoms with E-state index in [4.69, 9.17) is 5.73 Å². The van der Waals surface area contributed by atoms with Crippen molar-refractivity contribution in [2.24, 2.45) is 5.73 Å². The Morgan fingerprint density at radius 3 is 2.74 bits per heavy atom. The van der Waals surface area contributed by atoms with E-state index in [0.717, 1.165) is 32.5 Å². The van der Waals surface area contributed by atoms with Crippen LogP contribution >= 0.6 is 0 Å². The van der Waals surface area contributed by atoms with Gasteiger partial charge in [-0.05, 0) is 55.5 Å². The minimum Gasteiger partial charge on any atom is -0.347 e. The maximum absolute atomic E-state index is 5.90. The average molecular weight is 257 g/mol. The smallest absolute Gasteiger partial charge is 0.0486 e. The number of hydrogen-bond donors (Lipinski definition) is 2. The van der Waals surface area contributed by atoms with E-state index in [0.29, 0.717) is 0 Å². The van der Waals surface area contributed by atoms with E-state index in [-0.39, 0.29) is 6.04 Å². The fraction of sp³-hybridized carbons (Fsp3) is 0.500. The number of hydrogen-bond acceptors (Lipinski definition) is 2. The van der Waals surface area contributed by atoms with Crippen LogP contribution in [0.3, 0.4) is 0 Å². The minimum absolute atomic E-state index is 0.274. The number of nitrogens with zero attached hydrogens (tertiary/aromatic N) is 1. The quantitative estimate of drug-likeness (QED) is 0.884. The molecular weight excluding hydrogens is 234 g/mol. The van der Waals surface area contributed by atoms with E-state index >= 15 is 0 Å². The summed E-state index contributed by atoms with van der Waals surface area (Å²) in [5.41, 5.74) is 11.6. The van der Waals surface area contributed by atoms with Crippen molar-refractivity contribution in [3.8, 4) is 0 Å². The van der Waals surface area contributed by atoms with Crippen LogP contribution in [0.1, 0.15) is 37.0 Å². The summed E-state index contributed by atoms with van der Waals surface area (Å²) in [5, 5.41) is 4.85. The molecule has 1 unspecified atom stereocenters. The molecule has 3 rings (SSSR count). The maximum atomic E-state index is 5.90. The zero-order valence-corrected chi connectivity index (χ0v) is 11.9. The summed E-state index contributed by atoms with van der Waals surface area (Å²) in [6.45, 7) is 7.34. The molecule has 1 aromatic heterocycles. The van der Waals surface area contributed by atoms with Crippen LogP contribution < -0.4 is 11.1 Å². The summed E-state index contributed by atoms with van der Waals surface area (Å²) in [5.74, 6) is 0. The van der Waals surface area contributed by atoms with Gasteiger partial charge >= 0.3 is 0 Å². The molecule has 102 valence electrons. The predicted molar refractivity (Wildman–Crippen MR) is 80.1 cm³/mol. The molecule has 2 aromatic rings. The molecule has 0 saturated heterocycles. The van der Waals surface area contributed by atoms with Crippen LogP contribution in [0.4, 0.5) is 0 Å². The predicted octanol–water partition coefficient (Wildman–Crippen LogP) is 2.54.